The topological polar surface area (TPSA) is 69.7 Å². The lowest BCUT2D eigenvalue weighted by molar-refractivity contribution is -0.143. The normalized spacial score (nSPS) is 22.1. The van der Waals surface area contributed by atoms with Crippen molar-refractivity contribution in [1.82, 2.24) is 14.5 Å². The van der Waals surface area contributed by atoms with E-state index in [-0.39, 0.29) is 37.3 Å². The van der Waals surface area contributed by atoms with Gasteiger partial charge in [-0.05, 0) is 31.0 Å². The molecule has 0 aliphatic carbocycles. The van der Waals surface area contributed by atoms with Crippen LogP contribution in [0.4, 0.5) is 31.1 Å². The van der Waals surface area contributed by atoms with Crippen molar-refractivity contribution < 1.29 is 39.6 Å². The second-order valence-electron chi connectivity index (χ2n) is 6.83. The predicted octanol–water partition coefficient (Wildman–Crippen LogP) is 2.90. The number of nitrogens with zero attached hydrogens (tertiary/aromatic N) is 2. The Balaban J connectivity index is 1.96. The van der Waals surface area contributed by atoms with E-state index in [9.17, 15) is 39.6 Å². The molecule has 2 aliphatic rings. The molecule has 1 atom stereocenters. The van der Waals surface area contributed by atoms with E-state index < -0.39 is 44.4 Å². The third kappa shape index (κ3) is 4.44. The number of urea groups is 1. The molecule has 0 aromatic heterocycles. The standard InChI is InChI=1S/C16H17F6N3O3S/c17-15(18,19)10-6-11(16(20,21)22)8-13(7-10)29(27,28)24-4-1-2-12(9-24)25-5-3-23-14(25)26/h6-8,12H,1-5,9H2,(H,23,26)/t12-/m0/s1. The van der Waals surface area contributed by atoms with Crippen LogP contribution in [0.3, 0.4) is 0 Å². The summed E-state index contributed by atoms with van der Waals surface area (Å²) in [5.41, 5.74) is -3.39. The maximum Gasteiger partial charge on any atom is 0.416 e. The van der Waals surface area contributed by atoms with Gasteiger partial charge in [-0.2, -0.15) is 30.6 Å². The van der Waals surface area contributed by atoms with Crippen LogP contribution in [0.15, 0.2) is 23.1 Å². The Labute approximate surface area is 162 Å². The summed E-state index contributed by atoms with van der Waals surface area (Å²) in [4.78, 5) is 12.2. The van der Waals surface area contributed by atoms with Crippen molar-refractivity contribution >= 4 is 16.1 Å². The molecule has 1 aromatic rings. The number of amides is 2. The van der Waals surface area contributed by atoms with Gasteiger partial charge in [-0.3, -0.25) is 0 Å². The molecular weight excluding hydrogens is 428 g/mol. The minimum atomic E-state index is -5.15. The van der Waals surface area contributed by atoms with Crippen LogP contribution in [0.2, 0.25) is 0 Å². The monoisotopic (exact) mass is 445 g/mol. The SMILES string of the molecule is O=C1NCCN1[C@H]1CCCN(S(=O)(=O)c2cc(C(F)(F)F)cc(C(F)(F)F)c2)C1. The molecule has 0 bridgehead atoms. The first-order valence-corrected chi connectivity index (χ1v) is 10.1. The number of hydrogen-bond acceptors (Lipinski definition) is 3. The van der Waals surface area contributed by atoms with E-state index in [1.54, 1.807) is 0 Å². The number of carbonyl (C=O) groups is 1. The highest BCUT2D eigenvalue weighted by Gasteiger charge is 2.41. The van der Waals surface area contributed by atoms with Crippen LogP contribution in [0.1, 0.15) is 24.0 Å². The average Bonchev–Trinajstić information content (AvgIpc) is 3.06. The summed E-state index contributed by atoms with van der Waals surface area (Å²) >= 11 is 0. The first kappa shape index (κ1) is 21.7. The molecule has 3 rings (SSSR count). The van der Waals surface area contributed by atoms with Gasteiger partial charge in [0, 0.05) is 32.2 Å². The number of rotatable bonds is 3. The number of piperidine rings is 1. The lowest BCUT2D eigenvalue weighted by Crippen LogP contribution is -2.50. The molecule has 1 aromatic carbocycles. The first-order valence-electron chi connectivity index (χ1n) is 8.64. The Morgan fingerprint density at radius 3 is 2.03 bits per heavy atom. The molecule has 1 N–H and O–H groups in total. The lowest BCUT2D eigenvalue weighted by Gasteiger charge is -2.36. The maximum absolute atomic E-state index is 13.0. The number of hydrogen-bond donors (Lipinski definition) is 1. The highest BCUT2D eigenvalue weighted by atomic mass is 32.2. The van der Waals surface area contributed by atoms with E-state index in [4.69, 9.17) is 0 Å². The Morgan fingerprint density at radius 2 is 1.55 bits per heavy atom. The van der Waals surface area contributed by atoms with Crippen LogP contribution < -0.4 is 5.32 Å². The van der Waals surface area contributed by atoms with Crippen LogP contribution in [0, 0.1) is 0 Å². The fourth-order valence-electron chi connectivity index (χ4n) is 3.45. The third-order valence-electron chi connectivity index (χ3n) is 4.89. The molecule has 2 heterocycles. The van der Waals surface area contributed by atoms with Gasteiger partial charge in [-0.25, -0.2) is 13.2 Å². The quantitative estimate of drug-likeness (QED) is 0.728. The summed E-state index contributed by atoms with van der Waals surface area (Å²) in [6.07, 6.45) is -9.50. The lowest BCUT2D eigenvalue weighted by atomic mass is 10.1. The molecule has 2 fully saturated rings. The Hall–Kier alpha value is -2.02. The minimum Gasteiger partial charge on any atom is -0.336 e. The fraction of sp³-hybridized carbons (Fsp3) is 0.562. The van der Waals surface area contributed by atoms with E-state index in [0.717, 1.165) is 4.31 Å². The van der Waals surface area contributed by atoms with Gasteiger partial charge in [0.15, 0.2) is 0 Å². The van der Waals surface area contributed by atoms with Gasteiger partial charge >= 0.3 is 18.4 Å². The summed E-state index contributed by atoms with van der Waals surface area (Å²) in [5, 5.41) is 2.57. The van der Waals surface area contributed by atoms with Crippen LogP contribution in [-0.2, 0) is 22.4 Å². The van der Waals surface area contributed by atoms with Crippen LogP contribution in [-0.4, -0.2) is 55.9 Å². The van der Waals surface area contributed by atoms with Crippen molar-refractivity contribution in [1.29, 1.82) is 0 Å². The summed E-state index contributed by atoms with van der Waals surface area (Å²) in [6, 6.07) is -0.596. The van der Waals surface area contributed by atoms with Crippen molar-refractivity contribution in [2.24, 2.45) is 0 Å². The van der Waals surface area contributed by atoms with E-state index in [1.807, 2.05) is 0 Å². The van der Waals surface area contributed by atoms with Gasteiger partial charge in [-0.1, -0.05) is 0 Å². The number of nitrogens with one attached hydrogen (secondary N) is 1. The first-order chi connectivity index (χ1) is 13.3. The molecule has 29 heavy (non-hydrogen) atoms. The predicted molar refractivity (Wildman–Crippen MR) is 88.3 cm³/mol. The summed E-state index contributed by atoms with van der Waals surface area (Å²) < 4.78 is 105. The van der Waals surface area contributed by atoms with E-state index in [1.165, 1.54) is 4.90 Å². The van der Waals surface area contributed by atoms with Crippen molar-refractivity contribution in [2.45, 2.75) is 36.1 Å². The van der Waals surface area contributed by atoms with Gasteiger partial charge in [-0.15, -0.1) is 0 Å². The smallest absolute Gasteiger partial charge is 0.336 e. The van der Waals surface area contributed by atoms with Gasteiger partial charge in [0.2, 0.25) is 10.0 Å². The zero-order valence-corrected chi connectivity index (χ0v) is 15.7. The van der Waals surface area contributed by atoms with Gasteiger partial charge in [0.1, 0.15) is 0 Å². The molecule has 0 saturated carbocycles. The molecule has 2 saturated heterocycles. The minimum absolute atomic E-state index is 0.0636. The summed E-state index contributed by atoms with van der Waals surface area (Å²) in [7, 11) is -4.63. The third-order valence-corrected chi connectivity index (χ3v) is 6.73. The van der Waals surface area contributed by atoms with E-state index in [2.05, 4.69) is 5.32 Å². The Bertz CT molecular complexity index is 868. The second-order valence-corrected chi connectivity index (χ2v) is 8.76. The van der Waals surface area contributed by atoms with Gasteiger partial charge < -0.3 is 10.2 Å². The molecule has 2 aliphatic heterocycles. The number of alkyl halides is 6. The van der Waals surface area contributed by atoms with Crippen molar-refractivity contribution in [3.8, 4) is 0 Å². The number of carbonyl (C=O) groups excluding carboxylic acids is 1. The number of sulfonamides is 1. The molecule has 0 spiro atoms. The van der Waals surface area contributed by atoms with Crippen molar-refractivity contribution in [3.63, 3.8) is 0 Å². The molecule has 6 nitrogen and oxygen atoms in total. The molecule has 0 unspecified atom stereocenters. The highest BCUT2D eigenvalue weighted by Crippen LogP contribution is 2.38. The molecule has 2 amide bonds. The van der Waals surface area contributed by atoms with E-state index >= 15 is 0 Å². The van der Waals surface area contributed by atoms with E-state index in [0.29, 0.717) is 25.9 Å². The number of halogens is 6. The van der Waals surface area contributed by atoms with Crippen molar-refractivity contribution in [3.05, 3.63) is 29.3 Å². The van der Waals surface area contributed by atoms with Crippen LogP contribution >= 0.6 is 0 Å². The molecule has 13 heteroatoms. The molecular formula is C16H17F6N3O3S. The number of benzene rings is 1. The van der Waals surface area contributed by atoms with Gasteiger partial charge in [0.25, 0.3) is 0 Å². The maximum atomic E-state index is 13.0. The largest absolute Gasteiger partial charge is 0.416 e. The fourth-order valence-corrected chi connectivity index (χ4v) is 5.04. The van der Waals surface area contributed by atoms with Gasteiger partial charge in [0.05, 0.1) is 16.0 Å². The summed E-state index contributed by atoms with van der Waals surface area (Å²) in [6.45, 7) is 0.461. The van der Waals surface area contributed by atoms with Crippen LogP contribution in [0.5, 0.6) is 0 Å². The zero-order chi connectivity index (χ0) is 21.6. The summed E-state index contributed by atoms with van der Waals surface area (Å²) in [5.74, 6) is 0. The van der Waals surface area contributed by atoms with Crippen molar-refractivity contribution in [2.75, 3.05) is 26.2 Å². The molecule has 162 valence electrons. The highest BCUT2D eigenvalue weighted by molar-refractivity contribution is 7.89. The second kappa shape index (κ2) is 7.35. The zero-order valence-electron chi connectivity index (χ0n) is 14.8. The average molecular weight is 445 g/mol. The molecule has 0 radical (unpaired) electrons. The Morgan fingerprint density at radius 1 is 0.966 bits per heavy atom. The van der Waals surface area contributed by atoms with Crippen LogP contribution in [0.25, 0.3) is 0 Å². The Kier molecular flexibility index (Phi) is 5.49.